The second kappa shape index (κ2) is 36.5. The number of halogens is 3. The van der Waals surface area contributed by atoms with E-state index in [1.807, 2.05) is 119 Å². The number of carbonyl (C=O) groups is 3. The van der Waals surface area contributed by atoms with E-state index in [2.05, 4.69) is 135 Å². The fourth-order valence-corrected chi connectivity index (χ4v) is 16.5. The van der Waals surface area contributed by atoms with Crippen molar-refractivity contribution in [3.8, 4) is 33.8 Å². The third kappa shape index (κ3) is 18.1. The second-order valence-electron chi connectivity index (χ2n) is 30.5. The van der Waals surface area contributed by atoms with E-state index in [1.165, 1.54) is 24.5 Å². The van der Waals surface area contributed by atoms with Gasteiger partial charge in [-0.05, 0) is 105 Å². The first-order valence-corrected chi connectivity index (χ1v) is 41.7. The van der Waals surface area contributed by atoms with Crippen molar-refractivity contribution in [2.24, 2.45) is 17.7 Å². The number of alkyl halides is 3. The lowest BCUT2D eigenvalue weighted by Gasteiger charge is -2.21. The average molecular weight is 1630 g/mol. The number of hydrogen-bond donors (Lipinski definition) is 4. The molecule has 3 fully saturated rings. The molecule has 0 unspecified atom stereocenters. The van der Waals surface area contributed by atoms with Gasteiger partial charge in [0.2, 0.25) is 0 Å². The van der Waals surface area contributed by atoms with Crippen LogP contribution in [0.5, 0.6) is 0 Å². The Balaban J connectivity index is 0.000000134. The molecule has 15 aromatic rings. The molecule has 3 aromatic carbocycles. The number of sulfone groups is 1. The Hall–Kier alpha value is -12.5. The number of aryl methyl sites for hydroxylation is 4. The van der Waals surface area contributed by atoms with E-state index >= 15 is 0 Å². The summed E-state index contributed by atoms with van der Waals surface area (Å²) in [5, 5.41) is 34.9. The quantitative estimate of drug-likeness (QED) is 0.0261. The average Bonchev–Trinajstić information content (AvgIpc) is 1.61. The standard InChI is InChI=1S/C30H31FN6O.C26H26N6O2.C23H25FN6O.C10H11FO2S.H3NO/c1-3-4-13-36-19-24(22-11-8-12-32-29(22)36)26-16-28(35(2)18-20-9-6-5-7-10-20)37-30(34-26)23(17-33-37)27(38)15-21-14-25(21)31;1-3-4-13-31-17-21(19-11-8-12-27-24(19)31)22-14-23(30(2)16-18-9-6-5-7-10-18)32-25(29-22)20(15-28-32)26(33)34;1-3-4-8-29-13-17(15-6-5-7-26-22(15)29)19-11-21(25-2)30-23(28-19)16(12-27-30)20(31)10-14-9-18(14)24;1-7-2-4-8(5-3-7)14(12,13)10-6-9(10)11;1-2/h5-12,16-17,19,21,25H,3-4,13-15,18H2,1-2H3;5-12,14-15,17H,3-4,13,16H2,1-2H3,(H,33,34);5-7,11-14,18,25H,3-4,8-10H2,1-2H3;2-5,9-10H,6H2,1H3;2H,1H2/t21-,25-;;14-,18-;9-,10+;/m0.00./s1. The highest BCUT2D eigenvalue weighted by atomic mass is 32.2. The van der Waals surface area contributed by atoms with Gasteiger partial charge in [0.1, 0.15) is 58.5 Å². The summed E-state index contributed by atoms with van der Waals surface area (Å²) in [7, 11) is 2.39. The monoisotopic (exact) mass is 1630 g/mol. The number of aromatic nitrogens is 15. The third-order valence-electron chi connectivity index (χ3n) is 21.7. The molecule has 18 rings (SSSR count). The molecule has 0 spiro atoms. The van der Waals surface area contributed by atoms with E-state index in [-0.39, 0.29) is 53.1 Å². The Bertz CT molecular complexity index is 6250. The van der Waals surface area contributed by atoms with Crippen molar-refractivity contribution < 1.29 is 46.3 Å². The van der Waals surface area contributed by atoms with Crippen molar-refractivity contribution in [2.75, 3.05) is 36.3 Å². The predicted molar refractivity (Wildman–Crippen MR) is 455 cm³/mol. The van der Waals surface area contributed by atoms with Crippen molar-refractivity contribution in [1.82, 2.24) is 72.4 Å². The molecule has 12 aromatic heterocycles. The minimum Gasteiger partial charge on any atom is -0.477 e. The molecular weight excluding hydrogens is 1540 g/mol. The number of aromatic carboxylic acids is 1. The number of fused-ring (bicyclic) bond motifs is 6. The number of carbonyl (C=O) groups excluding carboxylic acids is 2. The SMILES string of the molecule is CCCCn1cc(-c2cc(N(C)Cc3ccccc3)n3ncc(C(=O)C[C@@H]4C[C@@H]4F)c3n2)c2cccnc21.CCCCn1cc(-c2cc(N(C)Cc3ccccc3)n3ncc(C(=O)O)c3n2)c2cccnc21.CCCCn1cc(-c2cc(NC)n3ncc(C(=O)C[C@@H]4C[C@@H]4F)c3n2)c2cccnc21.Cc1ccc(S(=O)(=O)[C@@H]2C[C@@H]2F)cc1.NO. The number of carboxylic acids is 1. The van der Waals surface area contributed by atoms with Crippen LogP contribution in [0.15, 0.2) is 200 Å². The molecule has 0 amide bonds. The fourth-order valence-electron chi connectivity index (χ4n) is 14.8. The third-order valence-corrected chi connectivity index (χ3v) is 23.9. The predicted octanol–water partition coefficient (Wildman–Crippen LogP) is 16.7. The number of ketones is 2. The Morgan fingerprint density at radius 2 is 0.874 bits per heavy atom. The zero-order valence-corrected chi connectivity index (χ0v) is 68.2. The number of carboxylic acid groups (broad SMARTS) is 1. The van der Waals surface area contributed by atoms with Gasteiger partial charge >= 0.3 is 5.97 Å². The maximum absolute atomic E-state index is 13.6. The van der Waals surface area contributed by atoms with E-state index in [0.717, 1.165) is 153 Å². The highest BCUT2D eigenvalue weighted by molar-refractivity contribution is 7.92. The molecule has 26 nitrogen and oxygen atoms in total. The molecule has 0 radical (unpaired) electrons. The molecule has 3 saturated carbocycles. The largest absolute Gasteiger partial charge is 0.477 e. The summed E-state index contributed by atoms with van der Waals surface area (Å²) in [6.45, 7) is 12.3. The van der Waals surface area contributed by atoms with Crippen molar-refractivity contribution in [2.45, 2.75) is 160 Å². The zero-order valence-electron chi connectivity index (χ0n) is 67.4. The van der Waals surface area contributed by atoms with Crippen LogP contribution in [-0.2, 0) is 42.6 Å². The maximum Gasteiger partial charge on any atom is 0.341 e. The summed E-state index contributed by atoms with van der Waals surface area (Å²) in [6, 6.07) is 44.7. The van der Waals surface area contributed by atoms with Gasteiger partial charge in [-0.2, -0.15) is 28.8 Å². The first-order valence-electron chi connectivity index (χ1n) is 40.2. The van der Waals surface area contributed by atoms with Gasteiger partial charge in [-0.25, -0.2) is 62.2 Å². The summed E-state index contributed by atoms with van der Waals surface area (Å²) >= 11 is 0. The number of nitrogens with one attached hydrogen (secondary N) is 1. The van der Waals surface area contributed by atoms with Gasteiger partial charge in [0.25, 0.3) is 0 Å². The molecule has 119 heavy (non-hydrogen) atoms. The highest BCUT2D eigenvalue weighted by Gasteiger charge is 2.49. The summed E-state index contributed by atoms with van der Waals surface area (Å²) in [4.78, 5) is 70.7. The minimum atomic E-state index is -3.41. The van der Waals surface area contributed by atoms with Crippen LogP contribution in [0.3, 0.4) is 0 Å². The Morgan fingerprint density at radius 1 is 0.504 bits per heavy atom. The van der Waals surface area contributed by atoms with Crippen molar-refractivity contribution in [1.29, 1.82) is 0 Å². The van der Waals surface area contributed by atoms with Crippen molar-refractivity contribution in [3.05, 3.63) is 229 Å². The van der Waals surface area contributed by atoms with Crippen LogP contribution in [-0.4, -0.2) is 154 Å². The first-order chi connectivity index (χ1) is 57.7. The van der Waals surface area contributed by atoms with Gasteiger partial charge in [0.15, 0.2) is 38.3 Å². The molecule has 6 atom stereocenters. The van der Waals surface area contributed by atoms with E-state index in [9.17, 15) is 41.1 Å². The lowest BCUT2D eigenvalue weighted by molar-refractivity contribution is 0.0698. The number of unbranched alkanes of at least 4 members (excludes halogenated alkanes) is 3. The molecule has 5 N–H and O–H groups in total. The van der Waals surface area contributed by atoms with Crippen LogP contribution in [0.25, 0.3) is 83.8 Å². The minimum absolute atomic E-state index is 0.0732. The number of rotatable bonds is 28. The molecular formula is C89H96F3N19O7S. The summed E-state index contributed by atoms with van der Waals surface area (Å²) in [5.74, 6) is 4.17. The number of anilines is 3. The summed E-state index contributed by atoms with van der Waals surface area (Å²) in [5.41, 5.74) is 13.3. The summed E-state index contributed by atoms with van der Waals surface area (Å²) < 4.78 is 74.4. The van der Waals surface area contributed by atoms with Gasteiger partial charge in [-0.1, -0.05) is 118 Å². The number of Topliss-reactive ketones (excluding diaryl/α,β-unsaturated/α-hetero) is 2. The molecule has 0 saturated heterocycles. The number of hydrogen-bond acceptors (Lipinski definition) is 19. The number of nitrogens with zero attached hydrogens (tertiary/aromatic N) is 17. The Morgan fingerprint density at radius 3 is 1.24 bits per heavy atom. The molecule has 0 bridgehead atoms. The van der Waals surface area contributed by atoms with Crippen molar-refractivity contribution in [3.63, 3.8) is 0 Å². The molecule has 0 aliphatic heterocycles. The van der Waals surface area contributed by atoms with E-state index in [0.29, 0.717) is 59.7 Å². The van der Waals surface area contributed by atoms with Gasteiger partial charge in [-0.15, -0.1) is 0 Å². The van der Waals surface area contributed by atoms with Crippen LogP contribution in [0.2, 0.25) is 0 Å². The molecule has 616 valence electrons. The van der Waals surface area contributed by atoms with E-state index < -0.39 is 39.6 Å². The topological polar surface area (TPSA) is 314 Å². The first kappa shape index (κ1) is 83.0. The Labute approximate surface area is 686 Å². The molecule has 30 heteroatoms. The zero-order chi connectivity index (χ0) is 83.8. The normalized spacial score (nSPS) is 16.4. The van der Waals surface area contributed by atoms with Crippen LogP contribution in [0, 0.1) is 18.8 Å². The van der Waals surface area contributed by atoms with Gasteiger partial charge < -0.3 is 39.1 Å². The lowest BCUT2D eigenvalue weighted by atomic mass is 10.1. The van der Waals surface area contributed by atoms with Gasteiger partial charge in [0.05, 0.1) is 56.9 Å². The number of pyridine rings is 3. The van der Waals surface area contributed by atoms with Gasteiger partial charge in [-0.3, -0.25) is 9.59 Å². The second-order valence-corrected chi connectivity index (χ2v) is 32.6. The molecule has 3 aliphatic carbocycles. The summed E-state index contributed by atoms with van der Waals surface area (Å²) in [6.07, 6.45) is 21.1. The highest BCUT2D eigenvalue weighted by Crippen LogP contribution is 2.42. The van der Waals surface area contributed by atoms with Crippen LogP contribution < -0.4 is 21.0 Å². The van der Waals surface area contributed by atoms with Crippen molar-refractivity contribution >= 4 is 94.9 Å². The van der Waals surface area contributed by atoms with Gasteiger partial charge in [0, 0.05) is 167 Å². The fraction of sp³-hybridized carbons (Fsp3) is 0.326. The Kier molecular flexibility index (Phi) is 25.5. The molecule has 3 aliphatic rings. The maximum atomic E-state index is 13.6. The van der Waals surface area contributed by atoms with Crippen LogP contribution in [0.1, 0.15) is 139 Å². The van der Waals surface area contributed by atoms with Crippen LogP contribution >= 0.6 is 0 Å². The number of nitrogens with two attached hydrogens (primary N) is 1. The van der Waals surface area contributed by atoms with E-state index in [4.69, 9.17) is 20.2 Å². The lowest BCUT2D eigenvalue weighted by Crippen LogP contribution is -2.20. The van der Waals surface area contributed by atoms with Crippen LogP contribution in [0.4, 0.5) is 30.6 Å². The number of benzene rings is 3. The smallest absolute Gasteiger partial charge is 0.341 e. The molecule has 12 heterocycles. The van der Waals surface area contributed by atoms with E-state index in [1.54, 1.807) is 44.3 Å².